The van der Waals surface area contributed by atoms with Crippen molar-refractivity contribution in [1.82, 2.24) is 15.2 Å². The van der Waals surface area contributed by atoms with Crippen molar-refractivity contribution in [1.29, 1.82) is 0 Å². The number of hydrogen-bond acceptors (Lipinski definition) is 4. The molecule has 28 heavy (non-hydrogen) atoms. The highest BCUT2D eigenvalue weighted by Gasteiger charge is 2.56. The molecule has 1 aliphatic rings. The first-order valence-corrected chi connectivity index (χ1v) is 9.27. The van der Waals surface area contributed by atoms with Crippen LogP contribution in [0.1, 0.15) is 36.9 Å². The fourth-order valence-corrected chi connectivity index (χ4v) is 4.11. The maximum atomic E-state index is 13.4. The number of aliphatic carboxylic acids is 1. The normalized spacial score (nSPS) is 24.8. The van der Waals surface area contributed by atoms with Crippen LogP contribution in [0.3, 0.4) is 0 Å². The van der Waals surface area contributed by atoms with Crippen LogP contribution < -0.4 is 5.32 Å². The van der Waals surface area contributed by atoms with E-state index in [4.69, 9.17) is 0 Å². The average Bonchev–Trinajstić information content (AvgIpc) is 3.01. The average molecular weight is 385 g/mol. The van der Waals surface area contributed by atoms with Crippen LogP contribution in [0.5, 0.6) is 0 Å². The van der Waals surface area contributed by atoms with Gasteiger partial charge in [-0.2, -0.15) is 0 Å². The second-order valence-electron chi connectivity index (χ2n) is 7.19. The van der Waals surface area contributed by atoms with Crippen LogP contribution >= 0.6 is 0 Å². The number of carbonyl (C=O) groups excluding carboxylic acids is 1. The Morgan fingerprint density at radius 2 is 2.04 bits per heavy atom. The maximum Gasteiger partial charge on any atom is 0.324 e. The molecule has 1 saturated heterocycles. The Bertz CT molecular complexity index is 844. The number of benzene rings is 1. The predicted molar refractivity (Wildman–Crippen MR) is 102 cm³/mol. The molecule has 6 nitrogen and oxygen atoms in total. The molecular formula is C21H24FN3O3. The van der Waals surface area contributed by atoms with Gasteiger partial charge in [-0.25, -0.2) is 4.39 Å². The molecular weight excluding hydrogens is 361 g/mol. The standard InChI is InChI=1S/C21H24FN3O3/c1-3-21(20(27)28)11-17(19(26)24-13-14-5-4-10-23-12-14)18(25(21)2)15-6-8-16(22)9-7-15/h4-10,12,17-18H,3,11,13H2,1-2H3,(H,24,26)(H,27,28)/t17-,18-,21-/m0/s1. The van der Waals surface area contributed by atoms with Crippen LogP contribution in [-0.4, -0.2) is 39.5 Å². The summed E-state index contributed by atoms with van der Waals surface area (Å²) >= 11 is 0. The summed E-state index contributed by atoms with van der Waals surface area (Å²) in [5.74, 6) is -2.11. The SMILES string of the molecule is CC[C@@]1(C(=O)O)C[C@H](C(=O)NCc2cccnc2)[C@H](c2ccc(F)cc2)N1C. The summed E-state index contributed by atoms with van der Waals surface area (Å²) in [6.45, 7) is 2.12. The van der Waals surface area contributed by atoms with Gasteiger partial charge in [0, 0.05) is 25.0 Å². The minimum atomic E-state index is -1.14. The number of carboxylic acids is 1. The van der Waals surface area contributed by atoms with Crippen molar-refractivity contribution < 1.29 is 19.1 Å². The van der Waals surface area contributed by atoms with Crippen molar-refractivity contribution in [2.24, 2.45) is 5.92 Å². The van der Waals surface area contributed by atoms with Gasteiger partial charge in [-0.15, -0.1) is 0 Å². The minimum Gasteiger partial charge on any atom is -0.480 e. The number of carboxylic acid groups (broad SMARTS) is 1. The number of nitrogens with one attached hydrogen (secondary N) is 1. The lowest BCUT2D eigenvalue weighted by Gasteiger charge is -2.34. The zero-order chi connectivity index (χ0) is 20.3. The molecule has 0 unspecified atom stereocenters. The first kappa shape index (κ1) is 19.9. The lowest BCUT2D eigenvalue weighted by Crippen LogP contribution is -2.48. The van der Waals surface area contributed by atoms with Crippen molar-refractivity contribution in [3.05, 3.63) is 65.7 Å². The van der Waals surface area contributed by atoms with Gasteiger partial charge in [0.1, 0.15) is 11.4 Å². The zero-order valence-corrected chi connectivity index (χ0v) is 15.9. The highest BCUT2D eigenvalue weighted by atomic mass is 19.1. The number of pyridine rings is 1. The summed E-state index contributed by atoms with van der Waals surface area (Å²) in [5.41, 5.74) is 0.442. The summed E-state index contributed by atoms with van der Waals surface area (Å²) < 4.78 is 13.4. The Morgan fingerprint density at radius 3 is 2.61 bits per heavy atom. The van der Waals surface area contributed by atoms with Gasteiger partial charge in [0.05, 0.1) is 5.92 Å². The Balaban J connectivity index is 1.89. The number of amides is 1. The molecule has 148 valence electrons. The molecule has 3 atom stereocenters. The molecule has 0 saturated carbocycles. The molecule has 2 N–H and O–H groups in total. The summed E-state index contributed by atoms with van der Waals surface area (Å²) in [6.07, 6.45) is 3.88. The number of nitrogens with zero attached hydrogens (tertiary/aromatic N) is 2. The first-order valence-electron chi connectivity index (χ1n) is 9.27. The van der Waals surface area contributed by atoms with Crippen LogP contribution in [-0.2, 0) is 16.1 Å². The molecule has 0 spiro atoms. The van der Waals surface area contributed by atoms with Gasteiger partial charge in [-0.05, 0) is 49.2 Å². The molecule has 1 amide bonds. The highest BCUT2D eigenvalue weighted by Crippen LogP contribution is 2.47. The van der Waals surface area contributed by atoms with Gasteiger partial charge in [0.15, 0.2) is 0 Å². The Hall–Kier alpha value is -2.80. The molecule has 1 aromatic heterocycles. The van der Waals surface area contributed by atoms with E-state index in [1.54, 1.807) is 42.5 Å². The molecule has 1 fully saturated rings. The molecule has 1 aliphatic heterocycles. The number of carbonyl (C=O) groups is 2. The van der Waals surface area contributed by atoms with Crippen LogP contribution in [0.15, 0.2) is 48.8 Å². The zero-order valence-electron chi connectivity index (χ0n) is 15.9. The number of likely N-dealkylation sites (tertiary alicyclic amines) is 1. The molecule has 7 heteroatoms. The van der Waals surface area contributed by atoms with Gasteiger partial charge in [-0.3, -0.25) is 19.5 Å². The number of hydrogen-bond donors (Lipinski definition) is 2. The first-order chi connectivity index (χ1) is 13.4. The number of halogens is 1. The molecule has 0 radical (unpaired) electrons. The molecule has 3 rings (SSSR count). The third-order valence-electron chi connectivity index (χ3n) is 5.75. The van der Waals surface area contributed by atoms with Crippen molar-refractivity contribution in [3.8, 4) is 0 Å². The van der Waals surface area contributed by atoms with E-state index in [1.807, 2.05) is 13.0 Å². The van der Waals surface area contributed by atoms with Crippen molar-refractivity contribution in [2.75, 3.05) is 7.05 Å². The third kappa shape index (κ3) is 3.62. The van der Waals surface area contributed by atoms with E-state index < -0.39 is 23.5 Å². The monoisotopic (exact) mass is 385 g/mol. The van der Waals surface area contributed by atoms with Crippen LogP contribution in [0.25, 0.3) is 0 Å². The van der Waals surface area contributed by atoms with Crippen LogP contribution in [0.2, 0.25) is 0 Å². The number of aromatic nitrogens is 1. The fraction of sp³-hybridized carbons (Fsp3) is 0.381. The van der Waals surface area contributed by atoms with Gasteiger partial charge >= 0.3 is 5.97 Å². The second-order valence-corrected chi connectivity index (χ2v) is 7.19. The van der Waals surface area contributed by atoms with E-state index in [2.05, 4.69) is 10.3 Å². The van der Waals surface area contributed by atoms with Crippen molar-refractivity contribution in [3.63, 3.8) is 0 Å². The minimum absolute atomic E-state index is 0.191. The molecule has 0 aliphatic carbocycles. The van der Waals surface area contributed by atoms with Gasteiger partial charge in [0.2, 0.25) is 5.91 Å². The largest absolute Gasteiger partial charge is 0.480 e. The van der Waals surface area contributed by atoms with E-state index in [-0.39, 0.29) is 18.1 Å². The second kappa shape index (κ2) is 8.06. The summed E-state index contributed by atoms with van der Waals surface area (Å²) in [4.78, 5) is 30.9. The van der Waals surface area contributed by atoms with Gasteiger partial charge in [-0.1, -0.05) is 25.1 Å². The Labute approximate surface area is 163 Å². The van der Waals surface area contributed by atoms with Crippen molar-refractivity contribution in [2.45, 2.75) is 37.9 Å². The van der Waals surface area contributed by atoms with Crippen LogP contribution in [0, 0.1) is 11.7 Å². The van der Waals surface area contributed by atoms with E-state index in [1.165, 1.54) is 12.1 Å². The van der Waals surface area contributed by atoms with E-state index in [0.717, 1.165) is 11.1 Å². The third-order valence-corrected chi connectivity index (χ3v) is 5.75. The Morgan fingerprint density at radius 1 is 1.32 bits per heavy atom. The summed E-state index contributed by atoms with van der Waals surface area (Å²) in [5, 5.41) is 12.8. The topological polar surface area (TPSA) is 82.5 Å². The summed E-state index contributed by atoms with van der Waals surface area (Å²) in [7, 11) is 1.72. The van der Waals surface area contributed by atoms with E-state index in [0.29, 0.717) is 13.0 Å². The van der Waals surface area contributed by atoms with E-state index in [9.17, 15) is 19.1 Å². The van der Waals surface area contributed by atoms with Crippen LogP contribution in [0.4, 0.5) is 4.39 Å². The lowest BCUT2D eigenvalue weighted by atomic mass is 9.87. The number of likely N-dealkylation sites (N-methyl/N-ethyl adjacent to an activating group) is 1. The lowest BCUT2D eigenvalue weighted by molar-refractivity contribution is -0.150. The molecule has 2 aromatic rings. The predicted octanol–water partition coefficient (Wildman–Crippen LogP) is 2.76. The van der Waals surface area contributed by atoms with Gasteiger partial charge in [0.25, 0.3) is 0 Å². The smallest absolute Gasteiger partial charge is 0.324 e. The molecule has 0 bridgehead atoms. The quantitative estimate of drug-likeness (QED) is 0.799. The maximum absolute atomic E-state index is 13.4. The highest BCUT2D eigenvalue weighted by molar-refractivity contribution is 5.85. The van der Waals surface area contributed by atoms with E-state index >= 15 is 0 Å². The van der Waals surface area contributed by atoms with Gasteiger partial charge < -0.3 is 10.4 Å². The molecule has 2 heterocycles. The molecule has 1 aromatic carbocycles. The van der Waals surface area contributed by atoms with Crippen molar-refractivity contribution >= 4 is 11.9 Å². The fourth-order valence-electron chi connectivity index (χ4n) is 4.11. The summed E-state index contributed by atoms with van der Waals surface area (Å²) in [6, 6.07) is 9.10. The number of rotatable bonds is 6. The Kier molecular flexibility index (Phi) is 5.74.